The molecule has 0 saturated carbocycles. The first-order valence-electron chi connectivity index (χ1n) is 7.95. The Morgan fingerprint density at radius 2 is 1.68 bits per heavy atom. The highest BCUT2D eigenvalue weighted by Crippen LogP contribution is 2.25. The molecule has 0 unspecified atom stereocenters. The number of amides is 1. The van der Waals surface area contributed by atoms with Crippen molar-refractivity contribution in [2.75, 3.05) is 5.32 Å². The molecule has 4 rings (SSSR count). The number of carbonyl (C=O) groups excluding carboxylic acids is 1. The average molecular weight is 329 g/mol. The number of benzene rings is 3. The highest BCUT2D eigenvalue weighted by atomic mass is 16.4. The number of aryl methyl sites for hydroxylation is 1. The predicted octanol–water partition coefficient (Wildman–Crippen LogP) is 4.51. The van der Waals surface area contributed by atoms with Gasteiger partial charge in [0.2, 0.25) is 0 Å². The molecular formula is C21H15NO3. The number of anilines is 1. The molecule has 0 aliphatic carbocycles. The van der Waals surface area contributed by atoms with Crippen LogP contribution in [0.3, 0.4) is 0 Å². The van der Waals surface area contributed by atoms with Crippen molar-refractivity contribution in [3.63, 3.8) is 0 Å². The van der Waals surface area contributed by atoms with Crippen LogP contribution in [0, 0.1) is 6.92 Å². The van der Waals surface area contributed by atoms with Gasteiger partial charge < -0.3 is 9.73 Å². The summed E-state index contributed by atoms with van der Waals surface area (Å²) in [5, 5.41) is 5.44. The standard InChI is InChI=1S/C21H15NO3/c1-13-6-9-15(10-7-13)22-20(23)18-12-17-16-5-3-2-4-14(16)8-11-19(17)25-21(18)24/h2-12H,1H3,(H,22,23). The van der Waals surface area contributed by atoms with Crippen molar-refractivity contribution < 1.29 is 9.21 Å². The van der Waals surface area contributed by atoms with Gasteiger partial charge in [0, 0.05) is 11.1 Å². The third kappa shape index (κ3) is 2.78. The van der Waals surface area contributed by atoms with E-state index in [1.54, 1.807) is 24.3 Å². The van der Waals surface area contributed by atoms with Crippen molar-refractivity contribution in [2.24, 2.45) is 0 Å². The molecule has 0 aliphatic rings. The minimum atomic E-state index is -0.646. The Morgan fingerprint density at radius 3 is 2.48 bits per heavy atom. The smallest absolute Gasteiger partial charge is 0.349 e. The van der Waals surface area contributed by atoms with Crippen LogP contribution < -0.4 is 10.9 Å². The molecular weight excluding hydrogens is 314 g/mol. The fraction of sp³-hybridized carbons (Fsp3) is 0.0476. The quantitative estimate of drug-likeness (QED) is 0.435. The Hall–Kier alpha value is -3.40. The fourth-order valence-corrected chi connectivity index (χ4v) is 2.87. The highest BCUT2D eigenvalue weighted by molar-refractivity contribution is 6.10. The zero-order valence-corrected chi connectivity index (χ0v) is 13.6. The summed E-state index contributed by atoms with van der Waals surface area (Å²) in [4.78, 5) is 24.8. The lowest BCUT2D eigenvalue weighted by atomic mass is 10.0. The lowest BCUT2D eigenvalue weighted by Gasteiger charge is -2.07. The van der Waals surface area contributed by atoms with Gasteiger partial charge in [0.15, 0.2) is 0 Å². The van der Waals surface area contributed by atoms with Crippen LogP contribution in [0.25, 0.3) is 21.7 Å². The SMILES string of the molecule is Cc1ccc(NC(=O)c2cc3c(ccc4ccccc43)oc2=O)cc1. The summed E-state index contributed by atoms with van der Waals surface area (Å²) in [6.45, 7) is 1.97. The number of hydrogen-bond acceptors (Lipinski definition) is 3. The van der Waals surface area contributed by atoms with E-state index in [4.69, 9.17) is 4.42 Å². The molecule has 1 aromatic heterocycles. The maximum Gasteiger partial charge on any atom is 0.349 e. The van der Waals surface area contributed by atoms with E-state index in [1.807, 2.05) is 49.4 Å². The molecule has 0 spiro atoms. The van der Waals surface area contributed by atoms with Gasteiger partial charge in [0.1, 0.15) is 11.1 Å². The van der Waals surface area contributed by atoms with Crippen LogP contribution in [-0.4, -0.2) is 5.91 Å². The van der Waals surface area contributed by atoms with E-state index in [0.29, 0.717) is 11.3 Å². The van der Waals surface area contributed by atoms with Gasteiger partial charge in [0.25, 0.3) is 5.91 Å². The monoisotopic (exact) mass is 329 g/mol. The normalized spacial score (nSPS) is 10.9. The number of fused-ring (bicyclic) bond motifs is 3. The van der Waals surface area contributed by atoms with Crippen LogP contribution in [0.15, 0.2) is 75.9 Å². The van der Waals surface area contributed by atoms with Gasteiger partial charge in [-0.1, -0.05) is 48.0 Å². The third-order valence-electron chi connectivity index (χ3n) is 4.20. The molecule has 4 nitrogen and oxygen atoms in total. The molecule has 1 N–H and O–H groups in total. The third-order valence-corrected chi connectivity index (χ3v) is 4.20. The van der Waals surface area contributed by atoms with Crippen molar-refractivity contribution in [3.05, 3.63) is 88.3 Å². The van der Waals surface area contributed by atoms with Crippen LogP contribution in [0.5, 0.6) is 0 Å². The Kier molecular flexibility index (Phi) is 3.58. The molecule has 1 amide bonds. The van der Waals surface area contributed by atoms with Crippen LogP contribution >= 0.6 is 0 Å². The second-order valence-corrected chi connectivity index (χ2v) is 5.97. The van der Waals surface area contributed by atoms with Crippen molar-refractivity contribution in [2.45, 2.75) is 6.92 Å². The van der Waals surface area contributed by atoms with E-state index < -0.39 is 11.5 Å². The van der Waals surface area contributed by atoms with Gasteiger partial charge in [-0.2, -0.15) is 0 Å². The first-order chi connectivity index (χ1) is 12.1. The van der Waals surface area contributed by atoms with Gasteiger partial charge in [0.05, 0.1) is 0 Å². The minimum Gasteiger partial charge on any atom is -0.422 e. The zero-order chi connectivity index (χ0) is 17.4. The van der Waals surface area contributed by atoms with Crippen LogP contribution in [0.1, 0.15) is 15.9 Å². The molecule has 25 heavy (non-hydrogen) atoms. The molecule has 3 aromatic carbocycles. The Balaban J connectivity index is 1.82. The maximum atomic E-state index is 12.5. The van der Waals surface area contributed by atoms with Crippen LogP contribution in [-0.2, 0) is 0 Å². The van der Waals surface area contributed by atoms with E-state index in [9.17, 15) is 9.59 Å². The lowest BCUT2D eigenvalue weighted by molar-refractivity contribution is 0.102. The van der Waals surface area contributed by atoms with E-state index in [0.717, 1.165) is 21.7 Å². The summed E-state index contributed by atoms with van der Waals surface area (Å²) in [7, 11) is 0. The van der Waals surface area contributed by atoms with E-state index in [2.05, 4.69) is 5.32 Å². The van der Waals surface area contributed by atoms with Crippen molar-refractivity contribution in [3.8, 4) is 0 Å². The van der Waals surface area contributed by atoms with E-state index in [1.165, 1.54) is 0 Å². The summed E-state index contributed by atoms with van der Waals surface area (Å²) in [6.07, 6.45) is 0. The molecule has 0 saturated heterocycles. The lowest BCUT2D eigenvalue weighted by Crippen LogP contribution is -2.20. The molecule has 0 aliphatic heterocycles. The average Bonchev–Trinajstić information content (AvgIpc) is 2.62. The van der Waals surface area contributed by atoms with Gasteiger partial charge in [-0.15, -0.1) is 0 Å². The summed E-state index contributed by atoms with van der Waals surface area (Å²) in [6, 6.07) is 20.4. The Bertz CT molecular complexity index is 1160. The number of rotatable bonds is 2. The number of nitrogens with one attached hydrogen (secondary N) is 1. The van der Waals surface area contributed by atoms with Crippen molar-refractivity contribution in [1.29, 1.82) is 0 Å². The second kappa shape index (κ2) is 5.91. The second-order valence-electron chi connectivity index (χ2n) is 5.97. The van der Waals surface area contributed by atoms with Gasteiger partial charge in [-0.3, -0.25) is 4.79 Å². The van der Waals surface area contributed by atoms with Crippen LogP contribution in [0.4, 0.5) is 5.69 Å². The maximum absolute atomic E-state index is 12.5. The highest BCUT2D eigenvalue weighted by Gasteiger charge is 2.15. The summed E-state index contributed by atoms with van der Waals surface area (Å²) >= 11 is 0. The Morgan fingerprint density at radius 1 is 0.920 bits per heavy atom. The van der Waals surface area contributed by atoms with Gasteiger partial charge >= 0.3 is 5.63 Å². The Labute approximate surface area is 143 Å². The molecule has 0 radical (unpaired) electrons. The first-order valence-corrected chi connectivity index (χ1v) is 7.95. The minimum absolute atomic E-state index is 0.00979. The van der Waals surface area contributed by atoms with E-state index in [-0.39, 0.29) is 5.56 Å². The van der Waals surface area contributed by atoms with Gasteiger partial charge in [-0.05, 0) is 42.0 Å². The molecule has 1 heterocycles. The van der Waals surface area contributed by atoms with Gasteiger partial charge in [-0.25, -0.2) is 4.79 Å². The molecule has 122 valence electrons. The number of hydrogen-bond donors (Lipinski definition) is 1. The summed E-state index contributed by atoms with van der Waals surface area (Å²) in [5.74, 6) is -0.479. The fourth-order valence-electron chi connectivity index (χ4n) is 2.87. The number of carbonyl (C=O) groups is 1. The van der Waals surface area contributed by atoms with Crippen molar-refractivity contribution in [1.82, 2.24) is 0 Å². The molecule has 4 aromatic rings. The largest absolute Gasteiger partial charge is 0.422 e. The molecule has 4 heteroatoms. The topological polar surface area (TPSA) is 59.3 Å². The van der Waals surface area contributed by atoms with E-state index >= 15 is 0 Å². The summed E-state index contributed by atoms with van der Waals surface area (Å²) in [5.41, 5.74) is 1.54. The molecule has 0 atom stereocenters. The predicted molar refractivity (Wildman–Crippen MR) is 99.1 cm³/mol. The first kappa shape index (κ1) is 15.1. The molecule has 0 bridgehead atoms. The zero-order valence-electron chi connectivity index (χ0n) is 13.6. The van der Waals surface area contributed by atoms with Crippen LogP contribution in [0.2, 0.25) is 0 Å². The molecule has 0 fully saturated rings. The van der Waals surface area contributed by atoms with Crippen molar-refractivity contribution >= 4 is 33.3 Å². The summed E-state index contributed by atoms with van der Waals surface area (Å²) < 4.78 is 5.36.